The number of aromatic nitrogens is 1. The summed E-state index contributed by atoms with van der Waals surface area (Å²) in [6.07, 6.45) is 13.2. The molecule has 7 nitrogen and oxygen atoms in total. The first-order valence-electron chi connectivity index (χ1n) is 11.3. The lowest BCUT2D eigenvalue weighted by Gasteiger charge is -2.23. The van der Waals surface area contributed by atoms with Crippen molar-refractivity contribution in [3.63, 3.8) is 0 Å². The van der Waals surface area contributed by atoms with Crippen LogP contribution in [0.5, 0.6) is 17.2 Å². The molecule has 0 saturated heterocycles. The van der Waals surface area contributed by atoms with Crippen LogP contribution in [0, 0.1) is 0 Å². The lowest BCUT2D eigenvalue weighted by atomic mass is 10.1. The summed E-state index contributed by atoms with van der Waals surface area (Å²) in [6.45, 7) is 2.60. The summed E-state index contributed by atoms with van der Waals surface area (Å²) in [7, 11) is 1.66. The molecule has 3 heterocycles. The second-order valence-corrected chi connectivity index (χ2v) is 8.02. The molecule has 0 atom stereocenters. The third kappa shape index (κ3) is 4.93. The normalized spacial score (nSPS) is 13.9. The average Bonchev–Trinajstić information content (AvgIpc) is 3.47. The van der Waals surface area contributed by atoms with E-state index < -0.39 is 0 Å². The van der Waals surface area contributed by atoms with E-state index in [0.717, 1.165) is 53.6 Å². The summed E-state index contributed by atoms with van der Waals surface area (Å²) in [5.74, 6) is 3.03. The average molecular weight is 458 g/mol. The van der Waals surface area contributed by atoms with Crippen LogP contribution in [0.2, 0.25) is 0 Å². The molecule has 0 amide bonds. The highest BCUT2D eigenvalue weighted by Crippen LogP contribution is 2.34. The maximum atomic E-state index is 5.82. The number of nitrogens with zero attached hydrogens (tertiary/aromatic N) is 3. The maximum Gasteiger partial charge on any atom is 0.231 e. The van der Waals surface area contributed by atoms with Crippen molar-refractivity contribution in [1.29, 1.82) is 0 Å². The molecule has 0 unspecified atom stereocenters. The maximum absolute atomic E-state index is 5.82. The van der Waals surface area contributed by atoms with Crippen LogP contribution >= 0.6 is 0 Å². The van der Waals surface area contributed by atoms with E-state index in [1.165, 1.54) is 0 Å². The largest absolute Gasteiger partial charge is 0.496 e. The number of fused-ring (bicyclic) bond motifs is 1. The number of methoxy groups -OCH3 is 1. The highest BCUT2D eigenvalue weighted by atomic mass is 16.7. The molecule has 1 aromatic heterocycles. The monoisotopic (exact) mass is 457 g/mol. The fraction of sp³-hybridized carbons (Fsp3) is 0.222. The van der Waals surface area contributed by atoms with Crippen LogP contribution in [-0.4, -0.2) is 37.0 Å². The Kier molecular flexibility index (Phi) is 6.52. The predicted molar refractivity (Wildman–Crippen MR) is 131 cm³/mol. The van der Waals surface area contributed by atoms with Crippen LogP contribution in [0.1, 0.15) is 12.0 Å². The van der Waals surface area contributed by atoms with Crippen LogP contribution in [0.4, 0.5) is 5.88 Å². The zero-order valence-electron chi connectivity index (χ0n) is 19.1. The first-order chi connectivity index (χ1) is 16.8. The molecule has 0 spiro atoms. The molecule has 0 aliphatic carbocycles. The molecule has 174 valence electrons. The Morgan fingerprint density at radius 1 is 0.971 bits per heavy atom. The van der Waals surface area contributed by atoms with E-state index in [1.54, 1.807) is 7.11 Å². The van der Waals surface area contributed by atoms with E-state index in [4.69, 9.17) is 18.7 Å². The van der Waals surface area contributed by atoms with Gasteiger partial charge >= 0.3 is 0 Å². The van der Waals surface area contributed by atoms with E-state index in [2.05, 4.69) is 33.4 Å². The summed E-state index contributed by atoms with van der Waals surface area (Å²) >= 11 is 0. The van der Waals surface area contributed by atoms with Crippen molar-refractivity contribution < 1.29 is 18.7 Å². The third-order valence-corrected chi connectivity index (χ3v) is 5.74. The van der Waals surface area contributed by atoms with Crippen LogP contribution in [0.25, 0.3) is 11.3 Å². The Balaban J connectivity index is 1.35. The number of anilines is 1. The van der Waals surface area contributed by atoms with Crippen molar-refractivity contribution in [2.24, 2.45) is 0 Å². The molecule has 5 rings (SSSR count). The van der Waals surface area contributed by atoms with Gasteiger partial charge in [-0.15, -0.1) is 0 Å². The SMILES string of the molecule is COc1ccccc1-c1cc(N(CCCN2C=CC=CC=C2)Cc2ccc3c(c2)OCO3)on1. The van der Waals surface area contributed by atoms with Gasteiger partial charge in [-0.3, -0.25) is 0 Å². The molecule has 2 aliphatic heterocycles. The molecule has 3 aromatic rings. The first-order valence-corrected chi connectivity index (χ1v) is 11.3. The zero-order chi connectivity index (χ0) is 23.2. The quantitative estimate of drug-likeness (QED) is 0.428. The Morgan fingerprint density at radius 3 is 2.65 bits per heavy atom. The summed E-state index contributed by atoms with van der Waals surface area (Å²) in [5, 5.41) is 4.34. The van der Waals surface area contributed by atoms with Gasteiger partial charge in [-0.05, 0) is 48.4 Å². The summed E-state index contributed by atoms with van der Waals surface area (Å²) in [5.41, 5.74) is 2.75. The van der Waals surface area contributed by atoms with Gasteiger partial charge < -0.3 is 28.5 Å². The zero-order valence-corrected chi connectivity index (χ0v) is 19.1. The van der Waals surface area contributed by atoms with Gasteiger partial charge in [0.25, 0.3) is 0 Å². The Bertz CT molecular complexity index is 1200. The Morgan fingerprint density at radius 2 is 1.79 bits per heavy atom. The van der Waals surface area contributed by atoms with Crippen molar-refractivity contribution >= 4 is 5.88 Å². The number of rotatable bonds is 9. The van der Waals surface area contributed by atoms with E-state index in [1.807, 2.05) is 66.8 Å². The minimum absolute atomic E-state index is 0.263. The first kappa shape index (κ1) is 21.7. The number of benzene rings is 2. The smallest absolute Gasteiger partial charge is 0.231 e. The lowest BCUT2D eigenvalue weighted by molar-refractivity contribution is 0.174. The Hall–Kier alpha value is -4.13. The van der Waals surface area contributed by atoms with E-state index >= 15 is 0 Å². The molecule has 2 aliphatic rings. The second kappa shape index (κ2) is 10.2. The fourth-order valence-electron chi connectivity index (χ4n) is 4.02. The van der Waals surface area contributed by atoms with Gasteiger partial charge in [0.15, 0.2) is 11.5 Å². The van der Waals surface area contributed by atoms with Crippen LogP contribution < -0.4 is 19.1 Å². The van der Waals surface area contributed by atoms with Crippen molar-refractivity contribution in [2.75, 3.05) is 31.9 Å². The van der Waals surface area contributed by atoms with Gasteiger partial charge in [0.05, 0.1) is 7.11 Å². The molecular weight excluding hydrogens is 430 g/mol. The lowest BCUT2D eigenvalue weighted by Crippen LogP contribution is -2.26. The molecule has 34 heavy (non-hydrogen) atoms. The standard InChI is InChI=1S/C27H27N3O4/c1-31-24-10-5-4-9-22(24)23-18-27(34-28-23)30(16-8-15-29-13-6-2-3-7-14-29)19-21-11-12-25-26(17-21)33-20-32-25/h2-7,9-14,17-18H,8,15-16,19-20H2,1H3. The highest BCUT2D eigenvalue weighted by Gasteiger charge is 2.19. The predicted octanol–water partition coefficient (Wildman–Crippen LogP) is 5.37. The number of allylic oxidation sites excluding steroid dienone is 4. The molecular formula is C27H27N3O4. The second-order valence-electron chi connectivity index (χ2n) is 8.02. The molecule has 0 bridgehead atoms. The summed E-state index contributed by atoms with van der Waals surface area (Å²) in [6, 6.07) is 15.8. The summed E-state index contributed by atoms with van der Waals surface area (Å²) < 4.78 is 22.4. The van der Waals surface area contributed by atoms with E-state index in [9.17, 15) is 0 Å². The van der Waals surface area contributed by atoms with Gasteiger partial charge in [-0.2, -0.15) is 0 Å². The van der Waals surface area contributed by atoms with Crippen LogP contribution in [-0.2, 0) is 6.54 Å². The van der Waals surface area contributed by atoms with Gasteiger partial charge in [0.1, 0.15) is 11.4 Å². The molecule has 7 heteroatoms. The van der Waals surface area contributed by atoms with Crippen molar-refractivity contribution in [2.45, 2.75) is 13.0 Å². The minimum atomic E-state index is 0.263. The van der Waals surface area contributed by atoms with Crippen molar-refractivity contribution in [3.8, 4) is 28.5 Å². The molecule has 0 radical (unpaired) electrons. The molecule has 2 aromatic carbocycles. The fourth-order valence-corrected chi connectivity index (χ4v) is 4.02. The minimum Gasteiger partial charge on any atom is -0.496 e. The van der Waals surface area contributed by atoms with Crippen molar-refractivity contribution in [3.05, 3.63) is 90.8 Å². The number of hydrogen-bond acceptors (Lipinski definition) is 7. The van der Waals surface area contributed by atoms with Crippen LogP contribution in [0.3, 0.4) is 0 Å². The van der Waals surface area contributed by atoms with Crippen molar-refractivity contribution in [1.82, 2.24) is 10.1 Å². The molecule has 0 N–H and O–H groups in total. The van der Waals surface area contributed by atoms with Gasteiger partial charge in [0, 0.05) is 43.7 Å². The van der Waals surface area contributed by atoms with Gasteiger partial charge in [-0.25, -0.2) is 0 Å². The molecule has 0 saturated carbocycles. The van der Waals surface area contributed by atoms with E-state index in [-0.39, 0.29) is 6.79 Å². The topological polar surface area (TPSA) is 60.2 Å². The number of ether oxygens (including phenoxy) is 3. The van der Waals surface area contributed by atoms with Gasteiger partial charge in [-0.1, -0.05) is 35.5 Å². The highest BCUT2D eigenvalue weighted by molar-refractivity contribution is 5.69. The Labute approximate surface area is 199 Å². The van der Waals surface area contributed by atoms with E-state index in [0.29, 0.717) is 12.4 Å². The third-order valence-electron chi connectivity index (χ3n) is 5.74. The van der Waals surface area contributed by atoms with Crippen LogP contribution in [0.15, 0.2) is 89.8 Å². The number of hydrogen-bond donors (Lipinski definition) is 0. The number of para-hydroxylation sites is 1. The van der Waals surface area contributed by atoms with Gasteiger partial charge in [0.2, 0.25) is 12.7 Å². The molecule has 0 fully saturated rings. The summed E-state index contributed by atoms with van der Waals surface area (Å²) in [4.78, 5) is 4.38.